The quantitative estimate of drug-likeness (QED) is 0.744. The molecular formula is C21H22N4O3. The number of amides is 3. The van der Waals surface area contributed by atoms with Crippen molar-refractivity contribution in [1.29, 1.82) is 0 Å². The SMILES string of the molecule is Cc1cccc(C(=O)NCC(=O)Nc2ccc(C3=NNC(=O)CC3C)cc2)c1. The lowest BCUT2D eigenvalue weighted by atomic mass is 9.94. The largest absolute Gasteiger partial charge is 0.343 e. The minimum Gasteiger partial charge on any atom is -0.343 e. The monoisotopic (exact) mass is 378 g/mol. The third kappa shape index (κ3) is 4.82. The highest BCUT2D eigenvalue weighted by Crippen LogP contribution is 2.18. The molecule has 144 valence electrons. The van der Waals surface area contributed by atoms with Gasteiger partial charge in [-0.15, -0.1) is 0 Å². The van der Waals surface area contributed by atoms with Crippen LogP contribution in [0, 0.1) is 12.8 Å². The highest BCUT2D eigenvalue weighted by Gasteiger charge is 2.21. The number of hydrogen-bond acceptors (Lipinski definition) is 4. The van der Waals surface area contributed by atoms with Gasteiger partial charge in [-0.2, -0.15) is 5.10 Å². The van der Waals surface area contributed by atoms with Gasteiger partial charge in [0.05, 0.1) is 12.3 Å². The van der Waals surface area contributed by atoms with Crippen molar-refractivity contribution in [2.45, 2.75) is 20.3 Å². The van der Waals surface area contributed by atoms with E-state index < -0.39 is 0 Å². The fourth-order valence-electron chi connectivity index (χ4n) is 2.98. The number of carbonyl (C=O) groups excluding carboxylic acids is 3. The zero-order valence-corrected chi connectivity index (χ0v) is 15.8. The van der Waals surface area contributed by atoms with Gasteiger partial charge in [-0.1, -0.05) is 36.8 Å². The second-order valence-corrected chi connectivity index (χ2v) is 6.81. The molecule has 3 amide bonds. The van der Waals surface area contributed by atoms with Crippen LogP contribution in [0.1, 0.15) is 34.8 Å². The molecule has 7 heteroatoms. The Morgan fingerprint density at radius 3 is 2.61 bits per heavy atom. The third-order valence-corrected chi connectivity index (χ3v) is 4.41. The predicted octanol–water partition coefficient (Wildman–Crippen LogP) is 2.22. The topological polar surface area (TPSA) is 99.7 Å². The van der Waals surface area contributed by atoms with Crippen LogP contribution in [-0.4, -0.2) is 30.0 Å². The normalized spacial score (nSPS) is 16.0. The van der Waals surface area contributed by atoms with Gasteiger partial charge in [-0.3, -0.25) is 14.4 Å². The molecule has 0 aliphatic carbocycles. The lowest BCUT2D eigenvalue weighted by Gasteiger charge is -2.19. The van der Waals surface area contributed by atoms with E-state index >= 15 is 0 Å². The Hall–Kier alpha value is -3.48. The van der Waals surface area contributed by atoms with E-state index in [0.29, 0.717) is 17.7 Å². The highest BCUT2D eigenvalue weighted by molar-refractivity contribution is 6.06. The summed E-state index contributed by atoms with van der Waals surface area (Å²) in [4.78, 5) is 35.5. The maximum atomic E-state index is 12.1. The number of nitrogens with zero attached hydrogens (tertiary/aromatic N) is 1. The van der Waals surface area contributed by atoms with Crippen molar-refractivity contribution in [2.24, 2.45) is 11.0 Å². The summed E-state index contributed by atoms with van der Waals surface area (Å²) >= 11 is 0. The van der Waals surface area contributed by atoms with E-state index in [4.69, 9.17) is 0 Å². The van der Waals surface area contributed by atoms with Crippen molar-refractivity contribution in [2.75, 3.05) is 11.9 Å². The molecule has 0 bridgehead atoms. The summed E-state index contributed by atoms with van der Waals surface area (Å²) in [6.07, 6.45) is 0.401. The first-order chi connectivity index (χ1) is 13.4. The number of carbonyl (C=O) groups is 3. The van der Waals surface area contributed by atoms with Crippen molar-refractivity contribution in [1.82, 2.24) is 10.7 Å². The average molecular weight is 378 g/mol. The Kier molecular flexibility index (Phi) is 5.84. The zero-order valence-electron chi connectivity index (χ0n) is 15.8. The van der Waals surface area contributed by atoms with E-state index in [9.17, 15) is 14.4 Å². The molecule has 1 aliphatic rings. The van der Waals surface area contributed by atoms with E-state index in [-0.39, 0.29) is 30.2 Å². The maximum absolute atomic E-state index is 12.1. The van der Waals surface area contributed by atoms with E-state index in [0.717, 1.165) is 16.8 Å². The predicted molar refractivity (Wildman–Crippen MR) is 107 cm³/mol. The third-order valence-electron chi connectivity index (χ3n) is 4.41. The van der Waals surface area contributed by atoms with Gasteiger partial charge in [0, 0.05) is 23.6 Å². The molecule has 1 atom stereocenters. The van der Waals surface area contributed by atoms with Gasteiger partial charge in [0.2, 0.25) is 11.8 Å². The molecule has 2 aromatic carbocycles. The first kappa shape index (κ1) is 19.3. The van der Waals surface area contributed by atoms with Crippen LogP contribution in [0.3, 0.4) is 0 Å². The minimum absolute atomic E-state index is 0.0334. The van der Waals surface area contributed by atoms with Gasteiger partial charge in [0.15, 0.2) is 0 Å². The second kappa shape index (κ2) is 8.47. The molecule has 1 unspecified atom stereocenters. The fourth-order valence-corrected chi connectivity index (χ4v) is 2.98. The highest BCUT2D eigenvalue weighted by atomic mass is 16.2. The van der Waals surface area contributed by atoms with E-state index in [1.165, 1.54) is 0 Å². The van der Waals surface area contributed by atoms with E-state index in [1.807, 2.05) is 32.0 Å². The molecular weight excluding hydrogens is 356 g/mol. The Labute approximate surface area is 163 Å². The Balaban J connectivity index is 1.54. The molecule has 0 aromatic heterocycles. The molecule has 3 rings (SSSR count). The number of aryl methyl sites for hydroxylation is 1. The number of rotatable bonds is 5. The number of benzene rings is 2. The van der Waals surface area contributed by atoms with Crippen LogP contribution in [-0.2, 0) is 9.59 Å². The standard InChI is InChI=1S/C21H22N4O3/c1-13-4-3-5-16(10-13)21(28)22-12-19(27)23-17-8-6-15(7-9-17)20-14(2)11-18(26)24-25-20/h3-10,14H,11-12H2,1-2H3,(H,22,28)(H,23,27)(H,24,26). The summed E-state index contributed by atoms with van der Waals surface area (Å²) in [6, 6.07) is 14.4. The maximum Gasteiger partial charge on any atom is 0.251 e. The van der Waals surface area contributed by atoms with Crippen LogP contribution >= 0.6 is 0 Å². The molecule has 28 heavy (non-hydrogen) atoms. The number of nitrogens with one attached hydrogen (secondary N) is 3. The number of hydrogen-bond donors (Lipinski definition) is 3. The molecule has 0 fully saturated rings. The summed E-state index contributed by atoms with van der Waals surface area (Å²) in [5.74, 6) is -0.663. The van der Waals surface area contributed by atoms with Crippen molar-refractivity contribution < 1.29 is 14.4 Å². The van der Waals surface area contributed by atoms with Crippen molar-refractivity contribution in [3.63, 3.8) is 0 Å². The molecule has 3 N–H and O–H groups in total. The molecule has 1 aliphatic heterocycles. The van der Waals surface area contributed by atoms with Crippen LogP contribution in [0.15, 0.2) is 53.6 Å². The van der Waals surface area contributed by atoms with Crippen molar-refractivity contribution in [3.05, 3.63) is 65.2 Å². The summed E-state index contributed by atoms with van der Waals surface area (Å²) in [5, 5.41) is 9.47. The van der Waals surface area contributed by atoms with Crippen LogP contribution < -0.4 is 16.1 Å². The second-order valence-electron chi connectivity index (χ2n) is 6.81. The molecule has 0 saturated carbocycles. The molecule has 0 spiro atoms. The van der Waals surface area contributed by atoms with Gasteiger partial charge < -0.3 is 10.6 Å². The Morgan fingerprint density at radius 2 is 1.93 bits per heavy atom. The summed E-state index contributed by atoms with van der Waals surface area (Å²) in [5.41, 5.74) is 6.30. The van der Waals surface area contributed by atoms with Crippen LogP contribution in [0.4, 0.5) is 5.69 Å². The fraction of sp³-hybridized carbons (Fsp3) is 0.238. The van der Waals surface area contributed by atoms with Gasteiger partial charge in [0.25, 0.3) is 5.91 Å². The van der Waals surface area contributed by atoms with Crippen LogP contribution in [0.25, 0.3) is 0 Å². The minimum atomic E-state index is -0.315. The summed E-state index contributed by atoms with van der Waals surface area (Å²) in [7, 11) is 0. The van der Waals surface area contributed by atoms with Gasteiger partial charge in [-0.25, -0.2) is 5.43 Å². The van der Waals surface area contributed by atoms with Crippen molar-refractivity contribution in [3.8, 4) is 0 Å². The van der Waals surface area contributed by atoms with Gasteiger partial charge >= 0.3 is 0 Å². The zero-order chi connectivity index (χ0) is 20.1. The molecule has 0 saturated heterocycles. The number of anilines is 1. The average Bonchev–Trinajstić information content (AvgIpc) is 2.67. The van der Waals surface area contributed by atoms with Gasteiger partial charge in [0.1, 0.15) is 0 Å². The lowest BCUT2D eigenvalue weighted by molar-refractivity contribution is -0.122. The Morgan fingerprint density at radius 1 is 1.18 bits per heavy atom. The lowest BCUT2D eigenvalue weighted by Crippen LogP contribution is -2.33. The molecule has 1 heterocycles. The Bertz CT molecular complexity index is 935. The first-order valence-electron chi connectivity index (χ1n) is 9.04. The molecule has 2 aromatic rings. The first-order valence-corrected chi connectivity index (χ1v) is 9.04. The van der Waals surface area contributed by atoms with Crippen molar-refractivity contribution >= 4 is 29.1 Å². The van der Waals surface area contributed by atoms with Crippen LogP contribution in [0.5, 0.6) is 0 Å². The van der Waals surface area contributed by atoms with Crippen LogP contribution in [0.2, 0.25) is 0 Å². The van der Waals surface area contributed by atoms with E-state index in [1.54, 1.807) is 30.3 Å². The van der Waals surface area contributed by atoms with E-state index in [2.05, 4.69) is 21.2 Å². The van der Waals surface area contributed by atoms with Gasteiger partial charge in [-0.05, 0) is 36.8 Å². The number of hydrazone groups is 1. The molecule has 7 nitrogen and oxygen atoms in total. The molecule has 0 radical (unpaired) electrons. The smallest absolute Gasteiger partial charge is 0.251 e. The summed E-state index contributed by atoms with van der Waals surface area (Å²) in [6.45, 7) is 3.73. The summed E-state index contributed by atoms with van der Waals surface area (Å²) < 4.78 is 0.